The topological polar surface area (TPSA) is 159 Å². The van der Waals surface area contributed by atoms with Gasteiger partial charge in [0.25, 0.3) is 5.91 Å². The average Bonchev–Trinajstić information content (AvgIpc) is 3.59. The second kappa shape index (κ2) is 16.3. The van der Waals surface area contributed by atoms with Crippen molar-refractivity contribution in [1.29, 1.82) is 0 Å². The molecule has 0 spiro atoms. The van der Waals surface area contributed by atoms with Gasteiger partial charge in [0, 0.05) is 36.1 Å². The van der Waals surface area contributed by atoms with Gasteiger partial charge in [-0.25, -0.2) is 4.98 Å². The van der Waals surface area contributed by atoms with Crippen molar-refractivity contribution in [3.63, 3.8) is 0 Å². The molecule has 6 rings (SSSR count). The van der Waals surface area contributed by atoms with Gasteiger partial charge in [-0.2, -0.15) is 22.0 Å². The summed E-state index contributed by atoms with van der Waals surface area (Å²) >= 11 is 0. The van der Waals surface area contributed by atoms with Gasteiger partial charge >= 0.3 is 12.1 Å². The van der Waals surface area contributed by atoms with Crippen molar-refractivity contribution in [3.8, 4) is 11.1 Å². The number of aromatic nitrogens is 2. The number of imidazole rings is 1. The lowest BCUT2D eigenvalue weighted by Gasteiger charge is -2.27. The maximum absolute atomic E-state index is 14.0. The fourth-order valence-corrected chi connectivity index (χ4v) is 7.43. The molecule has 6 N–H and O–H groups in total. The number of H-pyrrole nitrogens is 1. The van der Waals surface area contributed by atoms with E-state index >= 15 is 0 Å². The Morgan fingerprint density at radius 3 is 2.42 bits per heavy atom. The molecule has 0 radical (unpaired) electrons. The third-order valence-corrected chi connectivity index (χ3v) is 10.7. The number of benzene rings is 3. The van der Waals surface area contributed by atoms with E-state index in [-0.39, 0.29) is 53.1 Å². The van der Waals surface area contributed by atoms with E-state index in [4.69, 9.17) is 5.73 Å². The van der Waals surface area contributed by atoms with Gasteiger partial charge in [0.2, 0.25) is 11.8 Å². The molecule has 0 bridgehead atoms. The number of halogens is 5. The second-order valence-corrected chi connectivity index (χ2v) is 14.6. The van der Waals surface area contributed by atoms with Crippen molar-refractivity contribution in [1.82, 2.24) is 20.6 Å². The molecule has 2 fully saturated rings. The molecule has 292 valence electrons. The van der Waals surface area contributed by atoms with E-state index < -0.39 is 35.8 Å². The van der Waals surface area contributed by atoms with Crippen LogP contribution in [0.2, 0.25) is 0 Å². The van der Waals surface area contributed by atoms with Crippen molar-refractivity contribution in [3.05, 3.63) is 83.2 Å². The van der Waals surface area contributed by atoms with Crippen molar-refractivity contribution in [2.45, 2.75) is 76.4 Å². The monoisotopic (exact) mass is 766 g/mol. The smallest absolute Gasteiger partial charge is 0.354 e. The van der Waals surface area contributed by atoms with E-state index in [1.54, 1.807) is 12.1 Å². The molecule has 3 aromatic carbocycles. The number of amides is 3. The number of hydrogen-bond acceptors (Lipinski definition) is 6. The number of piperidine rings is 1. The molecule has 55 heavy (non-hydrogen) atoms. The zero-order chi connectivity index (χ0) is 39.5. The molecular weight excluding hydrogens is 723 g/mol. The first-order valence-corrected chi connectivity index (χ1v) is 18.4. The van der Waals surface area contributed by atoms with Crippen LogP contribution in [0.25, 0.3) is 22.2 Å². The number of aromatic amines is 1. The number of carbonyl (C=O) groups excluding carboxylic acids is 4. The summed E-state index contributed by atoms with van der Waals surface area (Å²) in [6.45, 7) is 3.00. The van der Waals surface area contributed by atoms with E-state index in [0.717, 1.165) is 41.5 Å². The van der Waals surface area contributed by atoms with Crippen LogP contribution < -0.4 is 21.7 Å². The fourth-order valence-electron chi connectivity index (χ4n) is 7.43. The summed E-state index contributed by atoms with van der Waals surface area (Å²) in [5, 5.41) is 8.29. The molecule has 2 atom stereocenters. The number of rotatable bonds is 12. The van der Waals surface area contributed by atoms with Crippen LogP contribution in [0.1, 0.15) is 72.3 Å². The van der Waals surface area contributed by atoms with Gasteiger partial charge in [-0.15, -0.1) is 0 Å². The molecule has 4 aromatic rings. The van der Waals surface area contributed by atoms with Gasteiger partial charge in [-0.05, 0) is 117 Å². The lowest BCUT2D eigenvalue weighted by molar-refractivity contribution is -0.292. The van der Waals surface area contributed by atoms with Crippen molar-refractivity contribution < 1.29 is 41.1 Å². The largest absolute Gasteiger partial charge is 0.461 e. The number of carbonyl (C=O) groups is 4. The summed E-state index contributed by atoms with van der Waals surface area (Å²) in [6, 6.07) is 15.9. The fraction of sp³-hybridized carbons (Fsp3) is 0.425. The number of nitrogens with two attached hydrogens (primary N) is 1. The molecule has 10 nitrogen and oxygen atoms in total. The molecule has 2 aliphatic rings. The van der Waals surface area contributed by atoms with E-state index in [1.165, 1.54) is 18.2 Å². The standard InChI is InChI=1S/C40H43F5N6O4/c1-22-16-27(35(53)49-32-6-3-15-47-37(32)55)11-13-30(22)26-5-2-4-24(17-26)18-28(19-34(52)25-9-7-23(21-46)8-10-25)36(54)48-29-12-14-31-33(20-29)51-38(50-31)39(41,42)40(43,44)45/h2,4-5,11-14,16-17,20,23,25,28,32H,3,6-10,15,18-19,21,46H2,1H3,(H,47,55)(H,48,54)(H,49,53)(H,50,51)/t23?,25?,28-,32-/m1/s1. The summed E-state index contributed by atoms with van der Waals surface area (Å²) in [6.07, 6.45) is -1.43. The lowest BCUT2D eigenvalue weighted by atomic mass is 9.77. The number of aryl methyl sites for hydroxylation is 1. The number of nitrogens with one attached hydrogen (secondary N) is 4. The number of anilines is 1. The third-order valence-electron chi connectivity index (χ3n) is 10.7. The maximum atomic E-state index is 14.0. The normalized spacial score (nSPS) is 19.8. The molecule has 1 saturated carbocycles. The van der Waals surface area contributed by atoms with Gasteiger partial charge in [-0.1, -0.05) is 30.3 Å². The van der Waals surface area contributed by atoms with Gasteiger partial charge in [0.05, 0.1) is 11.0 Å². The van der Waals surface area contributed by atoms with Crippen LogP contribution in [0.3, 0.4) is 0 Å². The molecular formula is C40H43F5N6O4. The molecule has 3 amide bonds. The molecule has 2 heterocycles. The highest BCUT2D eigenvalue weighted by Crippen LogP contribution is 2.43. The predicted molar refractivity (Wildman–Crippen MR) is 196 cm³/mol. The minimum Gasteiger partial charge on any atom is -0.354 e. The number of nitrogens with zero attached hydrogens (tertiary/aromatic N) is 1. The van der Waals surface area contributed by atoms with Crippen LogP contribution in [0.5, 0.6) is 0 Å². The molecule has 1 aliphatic carbocycles. The first-order chi connectivity index (χ1) is 26.1. The van der Waals surface area contributed by atoms with Gasteiger partial charge in [-0.3, -0.25) is 19.2 Å². The van der Waals surface area contributed by atoms with Crippen molar-refractivity contribution in [2.75, 3.05) is 18.4 Å². The van der Waals surface area contributed by atoms with Crippen LogP contribution in [0, 0.1) is 24.7 Å². The SMILES string of the molecule is Cc1cc(C(=O)N[C@@H]2CCCNC2=O)ccc1-c1cccc(C[C@H](CC(=O)C2CCC(CN)CC2)C(=O)Nc2ccc3nc(C(F)(F)C(F)(F)F)[nH]c3c2)c1. The molecule has 0 unspecified atom stereocenters. The van der Waals surface area contributed by atoms with Gasteiger partial charge in [0.1, 0.15) is 11.8 Å². The molecule has 1 saturated heterocycles. The Labute approximate surface area is 314 Å². The number of Topliss-reactive ketones (excluding diaryl/α,β-unsaturated/α-hetero) is 1. The van der Waals surface area contributed by atoms with Crippen molar-refractivity contribution >= 4 is 40.2 Å². The number of ketones is 1. The first kappa shape index (κ1) is 39.5. The highest BCUT2D eigenvalue weighted by Gasteiger charge is 2.61. The van der Waals surface area contributed by atoms with E-state index in [9.17, 15) is 41.1 Å². The summed E-state index contributed by atoms with van der Waals surface area (Å²) in [5.74, 6) is -8.61. The summed E-state index contributed by atoms with van der Waals surface area (Å²) < 4.78 is 66.9. The minimum absolute atomic E-state index is 0.0507. The van der Waals surface area contributed by atoms with Crippen LogP contribution in [0.15, 0.2) is 60.7 Å². The van der Waals surface area contributed by atoms with Gasteiger partial charge < -0.3 is 26.7 Å². The maximum Gasteiger partial charge on any atom is 0.461 e. The average molecular weight is 767 g/mol. The zero-order valence-electron chi connectivity index (χ0n) is 30.2. The van der Waals surface area contributed by atoms with Crippen LogP contribution >= 0.6 is 0 Å². The molecule has 1 aliphatic heterocycles. The Morgan fingerprint density at radius 2 is 1.73 bits per heavy atom. The quantitative estimate of drug-likeness (QED) is 0.101. The summed E-state index contributed by atoms with van der Waals surface area (Å²) in [7, 11) is 0. The van der Waals surface area contributed by atoms with E-state index in [0.29, 0.717) is 43.8 Å². The Bertz CT molecular complexity index is 2070. The summed E-state index contributed by atoms with van der Waals surface area (Å²) in [4.78, 5) is 58.1. The highest BCUT2D eigenvalue weighted by atomic mass is 19.4. The molecule has 15 heteroatoms. The second-order valence-electron chi connectivity index (χ2n) is 14.6. The van der Waals surface area contributed by atoms with Crippen molar-refractivity contribution in [2.24, 2.45) is 23.5 Å². The Morgan fingerprint density at radius 1 is 0.964 bits per heavy atom. The summed E-state index contributed by atoms with van der Waals surface area (Å²) in [5.41, 5.74) is 9.31. The molecule has 1 aromatic heterocycles. The first-order valence-electron chi connectivity index (χ1n) is 18.4. The highest BCUT2D eigenvalue weighted by molar-refractivity contribution is 5.99. The number of hydrogen-bond donors (Lipinski definition) is 5. The van der Waals surface area contributed by atoms with Gasteiger partial charge in [0.15, 0.2) is 5.82 Å². The Balaban J connectivity index is 1.21. The Kier molecular flexibility index (Phi) is 11.7. The number of alkyl halides is 5. The van der Waals surface area contributed by atoms with Crippen LogP contribution in [0.4, 0.5) is 27.6 Å². The zero-order valence-corrected chi connectivity index (χ0v) is 30.2. The van der Waals surface area contributed by atoms with E-state index in [1.807, 2.05) is 42.2 Å². The Hall–Kier alpha value is -5.18. The third kappa shape index (κ3) is 9.04. The van der Waals surface area contributed by atoms with Crippen LogP contribution in [-0.2, 0) is 26.7 Å². The van der Waals surface area contributed by atoms with Crippen LogP contribution in [-0.4, -0.2) is 58.8 Å². The minimum atomic E-state index is -5.86. The predicted octanol–water partition coefficient (Wildman–Crippen LogP) is 6.72. The van der Waals surface area contributed by atoms with E-state index in [2.05, 4.69) is 20.9 Å². The number of fused-ring (bicyclic) bond motifs is 1. The lowest BCUT2D eigenvalue weighted by Crippen LogP contribution is -2.50.